The maximum atomic E-state index is 12.6. The van der Waals surface area contributed by atoms with Gasteiger partial charge in [-0.25, -0.2) is 13.1 Å². The van der Waals surface area contributed by atoms with Crippen LogP contribution in [-0.2, 0) is 10.0 Å². The maximum Gasteiger partial charge on any atom is 0.242 e. The summed E-state index contributed by atoms with van der Waals surface area (Å²) in [7, 11) is 0.411. The topological polar surface area (TPSA) is 76.4 Å². The lowest BCUT2D eigenvalue weighted by atomic mass is 10.2. The lowest BCUT2D eigenvalue weighted by molar-refractivity contribution is 0.315. The molecule has 1 aliphatic heterocycles. The van der Waals surface area contributed by atoms with Gasteiger partial charge in [0.2, 0.25) is 10.0 Å². The van der Waals surface area contributed by atoms with E-state index in [1.807, 2.05) is 20.2 Å². The first-order valence-corrected chi connectivity index (χ1v) is 9.20. The second-order valence-corrected chi connectivity index (χ2v) is 8.10. The van der Waals surface area contributed by atoms with Gasteiger partial charge in [0.05, 0.1) is 17.3 Å². The SMILES string of the molecule is CC(C)NS(=O)(=O)c1cc(C#N)ccc1N1CC[C@H](N(C)C)C1. The van der Waals surface area contributed by atoms with Gasteiger partial charge in [0, 0.05) is 25.2 Å². The van der Waals surface area contributed by atoms with Crippen LogP contribution in [0.2, 0.25) is 0 Å². The standard InChI is InChI=1S/C16H24N4O2S/c1-12(2)18-23(21,22)16-9-13(10-17)5-6-15(16)20-8-7-14(11-20)19(3)4/h5-6,9,12,14,18H,7-8,11H2,1-4H3/t14-/m0/s1. The minimum absolute atomic E-state index is 0.185. The minimum atomic E-state index is -3.65. The van der Waals surface area contributed by atoms with Crippen molar-refractivity contribution in [1.82, 2.24) is 9.62 Å². The molecule has 1 heterocycles. The van der Waals surface area contributed by atoms with E-state index in [0.717, 1.165) is 19.5 Å². The highest BCUT2D eigenvalue weighted by Gasteiger charge is 2.29. The van der Waals surface area contributed by atoms with Crippen molar-refractivity contribution in [3.63, 3.8) is 0 Å². The number of nitrogens with one attached hydrogen (secondary N) is 1. The second-order valence-electron chi connectivity index (χ2n) is 6.42. The fourth-order valence-electron chi connectivity index (χ4n) is 2.82. The number of nitriles is 1. The third kappa shape index (κ3) is 4.02. The molecular formula is C16H24N4O2S. The van der Waals surface area contributed by atoms with E-state index in [9.17, 15) is 8.42 Å². The minimum Gasteiger partial charge on any atom is -0.369 e. The zero-order chi connectivity index (χ0) is 17.2. The highest BCUT2D eigenvalue weighted by Crippen LogP contribution is 2.30. The van der Waals surface area contributed by atoms with Gasteiger partial charge in [0.25, 0.3) is 0 Å². The Balaban J connectivity index is 2.43. The monoisotopic (exact) mass is 336 g/mol. The number of likely N-dealkylation sites (N-methyl/N-ethyl adjacent to an activating group) is 1. The summed E-state index contributed by atoms with van der Waals surface area (Å²) in [6.45, 7) is 5.15. The molecule has 0 saturated carbocycles. The number of hydrogen-bond donors (Lipinski definition) is 1. The molecule has 1 aliphatic rings. The summed E-state index contributed by atoms with van der Waals surface area (Å²) in [4.78, 5) is 4.43. The van der Waals surface area contributed by atoms with Crippen LogP contribution in [0.3, 0.4) is 0 Å². The van der Waals surface area contributed by atoms with Gasteiger partial charge in [-0.3, -0.25) is 0 Å². The van der Waals surface area contributed by atoms with Crippen LogP contribution in [0.25, 0.3) is 0 Å². The van der Waals surface area contributed by atoms with E-state index in [1.165, 1.54) is 6.07 Å². The van der Waals surface area contributed by atoms with Gasteiger partial charge in [0.1, 0.15) is 4.90 Å². The number of sulfonamides is 1. The Bertz CT molecular complexity index is 707. The van der Waals surface area contributed by atoms with Crippen molar-refractivity contribution in [2.45, 2.75) is 37.2 Å². The number of anilines is 1. The quantitative estimate of drug-likeness (QED) is 0.879. The first kappa shape index (κ1) is 17.7. The molecule has 0 unspecified atom stereocenters. The summed E-state index contributed by atoms with van der Waals surface area (Å²) in [5.41, 5.74) is 1.02. The van der Waals surface area contributed by atoms with Gasteiger partial charge in [0.15, 0.2) is 0 Å². The Morgan fingerprint density at radius 2 is 2.09 bits per heavy atom. The highest BCUT2D eigenvalue weighted by molar-refractivity contribution is 7.89. The van der Waals surface area contributed by atoms with E-state index in [-0.39, 0.29) is 10.9 Å². The summed E-state index contributed by atoms with van der Waals surface area (Å²) < 4.78 is 27.9. The molecule has 0 aromatic heterocycles. The van der Waals surface area contributed by atoms with E-state index in [0.29, 0.717) is 17.3 Å². The molecule has 0 radical (unpaired) electrons. The fraction of sp³-hybridized carbons (Fsp3) is 0.562. The van der Waals surface area contributed by atoms with Crippen molar-refractivity contribution in [3.05, 3.63) is 23.8 Å². The normalized spacial score (nSPS) is 18.7. The third-order valence-electron chi connectivity index (χ3n) is 4.00. The van der Waals surface area contributed by atoms with Gasteiger partial charge >= 0.3 is 0 Å². The lowest BCUT2D eigenvalue weighted by Gasteiger charge is -2.24. The van der Waals surface area contributed by atoms with E-state index in [2.05, 4.69) is 14.5 Å². The predicted molar refractivity (Wildman–Crippen MR) is 90.9 cm³/mol. The average molecular weight is 336 g/mol. The molecule has 1 aromatic carbocycles. The van der Waals surface area contributed by atoms with Crippen molar-refractivity contribution in [2.24, 2.45) is 0 Å². The van der Waals surface area contributed by atoms with Crippen LogP contribution in [0.4, 0.5) is 5.69 Å². The van der Waals surface area contributed by atoms with Crippen LogP contribution in [0.1, 0.15) is 25.8 Å². The molecule has 126 valence electrons. The average Bonchev–Trinajstić information content (AvgIpc) is 2.95. The molecule has 1 saturated heterocycles. The molecule has 0 aliphatic carbocycles. The van der Waals surface area contributed by atoms with Gasteiger partial charge in [-0.15, -0.1) is 0 Å². The Hall–Kier alpha value is -1.62. The third-order valence-corrected chi connectivity index (χ3v) is 5.69. The Morgan fingerprint density at radius 3 is 2.61 bits per heavy atom. The number of rotatable bonds is 5. The summed E-state index contributed by atoms with van der Waals surface area (Å²) in [5.74, 6) is 0. The van der Waals surface area contributed by atoms with Crippen molar-refractivity contribution in [3.8, 4) is 6.07 Å². The van der Waals surface area contributed by atoms with Crippen LogP contribution in [0.15, 0.2) is 23.1 Å². The summed E-state index contributed by atoms with van der Waals surface area (Å²) in [6.07, 6.45) is 0.990. The fourth-order valence-corrected chi connectivity index (χ4v) is 4.32. The Morgan fingerprint density at radius 1 is 1.39 bits per heavy atom. The van der Waals surface area contributed by atoms with Gasteiger partial charge in [-0.2, -0.15) is 5.26 Å². The molecular weight excluding hydrogens is 312 g/mol. The van der Waals surface area contributed by atoms with Gasteiger partial charge in [-0.05, 0) is 52.6 Å². The summed E-state index contributed by atoms with van der Waals surface area (Å²) >= 11 is 0. The van der Waals surface area contributed by atoms with Gasteiger partial charge in [-0.1, -0.05) is 0 Å². The van der Waals surface area contributed by atoms with Crippen LogP contribution >= 0.6 is 0 Å². The van der Waals surface area contributed by atoms with E-state index in [1.54, 1.807) is 26.0 Å². The van der Waals surface area contributed by atoms with Crippen LogP contribution in [0, 0.1) is 11.3 Å². The summed E-state index contributed by atoms with van der Waals surface area (Å²) in [6, 6.07) is 7.09. The molecule has 1 fully saturated rings. The molecule has 6 nitrogen and oxygen atoms in total. The van der Waals surface area contributed by atoms with Gasteiger partial charge < -0.3 is 9.80 Å². The first-order valence-electron chi connectivity index (χ1n) is 7.72. The van der Waals surface area contributed by atoms with Crippen LogP contribution in [-0.4, -0.2) is 52.6 Å². The van der Waals surface area contributed by atoms with E-state index in [4.69, 9.17) is 5.26 Å². The van der Waals surface area contributed by atoms with Crippen LogP contribution < -0.4 is 9.62 Å². The van der Waals surface area contributed by atoms with Crippen molar-refractivity contribution in [2.75, 3.05) is 32.1 Å². The molecule has 0 amide bonds. The molecule has 7 heteroatoms. The largest absolute Gasteiger partial charge is 0.369 e. The molecule has 0 bridgehead atoms. The molecule has 23 heavy (non-hydrogen) atoms. The van der Waals surface area contributed by atoms with Crippen molar-refractivity contribution >= 4 is 15.7 Å². The smallest absolute Gasteiger partial charge is 0.242 e. The number of nitrogens with zero attached hydrogens (tertiary/aromatic N) is 3. The number of hydrogen-bond acceptors (Lipinski definition) is 5. The second kappa shape index (κ2) is 6.87. The lowest BCUT2D eigenvalue weighted by Crippen LogP contribution is -2.34. The predicted octanol–water partition coefficient (Wildman–Crippen LogP) is 1.39. The summed E-state index contributed by atoms with van der Waals surface area (Å²) in [5, 5.41) is 9.10. The molecule has 2 rings (SSSR count). The maximum absolute atomic E-state index is 12.6. The van der Waals surface area contributed by atoms with Crippen molar-refractivity contribution < 1.29 is 8.42 Å². The Kier molecular flexibility index (Phi) is 5.30. The first-order chi connectivity index (χ1) is 10.7. The zero-order valence-corrected chi connectivity index (χ0v) is 14.9. The number of benzene rings is 1. The van der Waals surface area contributed by atoms with Crippen LogP contribution in [0.5, 0.6) is 0 Å². The highest BCUT2D eigenvalue weighted by atomic mass is 32.2. The molecule has 1 aromatic rings. The molecule has 0 spiro atoms. The van der Waals surface area contributed by atoms with Crippen molar-refractivity contribution in [1.29, 1.82) is 5.26 Å². The Labute approximate surface area is 138 Å². The van der Waals surface area contributed by atoms with E-state index >= 15 is 0 Å². The van der Waals surface area contributed by atoms with E-state index < -0.39 is 10.0 Å². The molecule has 1 atom stereocenters. The zero-order valence-electron chi connectivity index (χ0n) is 14.1. The molecule has 1 N–H and O–H groups in total.